The van der Waals surface area contributed by atoms with Gasteiger partial charge in [-0.15, -0.1) is 0 Å². The lowest BCUT2D eigenvalue weighted by molar-refractivity contribution is -0.143. The fourth-order valence-electron chi connectivity index (χ4n) is 3.34. The van der Waals surface area contributed by atoms with Crippen molar-refractivity contribution in [2.45, 2.75) is 17.5 Å². The number of hydrogen-bond acceptors (Lipinski definition) is 6. The van der Waals surface area contributed by atoms with Gasteiger partial charge in [-0.05, 0) is 18.2 Å². The number of nitriles is 2. The molecule has 0 bridgehead atoms. The molecule has 0 saturated carbocycles. The summed E-state index contributed by atoms with van der Waals surface area (Å²) in [7, 11) is 1.54. The van der Waals surface area contributed by atoms with Crippen LogP contribution in [0.5, 0.6) is 5.75 Å². The maximum atomic E-state index is 12.8. The number of carbonyl (C=O) groups excluding carboxylic acids is 1. The van der Waals surface area contributed by atoms with E-state index in [0.29, 0.717) is 22.6 Å². The predicted octanol–water partition coefficient (Wildman–Crippen LogP) is 2.37. The number of anilines is 1. The lowest BCUT2D eigenvalue weighted by Crippen LogP contribution is -2.52. The van der Waals surface area contributed by atoms with Crippen LogP contribution in [0.2, 0.25) is 0 Å². The first kappa shape index (κ1) is 16.1. The van der Waals surface area contributed by atoms with Crippen LogP contribution in [0, 0.1) is 22.7 Å². The van der Waals surface area contributed by atoms with Gasteiger partial charge in [-0.1, -0.05) is 30.3 Å². The SMILES string of the molecule is COc1ccc([C@H]2OC(C#N)(C#N)[C@@]3(O2)C(=O)Nc2ccccc23)cc1. The first-order chi connectivity index (χ1) is 12.6. The van der Waals surface area contributed by atoms with Crippen LogP contribution in [0.4, 0.5) is 5.69 Å². The van der Waals surface area contributed by atoms with Crippen LogP contribution < -0.4 is 10.1 Å². The topological polar surface area (TPSA) is 104 Å². The zero-order valence-electron chi connectivity index (χ0n) is 13.7. The number of methoxy groups -OCH3 is 1. The largest absolute Gasteiger partial charge is 0.497 e. The number of nitrogens with zero attached hydrogens (tertiary/aromatic N) is 2. The van der Waals surface area contributed by atoms with E-state index in [9.17, 15) is 15.3 Å². The quantitative estimate of drug-likeness (QED) is 0.894. The molecular formula is C19H13N3O4. The van der Waals surface area contributed by atoms with E-state index in [0.717, 1.165) is 0 Å². The first-order valence-corrected chi connectivity index (χ1v) is 7.83. The molecule has 0 radical (unpaired) electrons. The van der Waals surface area contributed by atoms with Gasteiger partial charge < -0.3 is 19.5 Å². The van der Waals surface area contributed by atoms with Gasteiger partial charge in [0.25, 0.3) is 11.5 Å². The summed E-state index contributed by atoms with van der Waals surface area (Å²) in [6.07, 6.45) is -1.06. The summed E-state index contributed by atoms with van der Waals surface area (Å²) in [4.78, 5) is 12.8. The third-order valence-electron chi connectivity index (χ3n) is 4.64. The highest BCUT2D eigenvalue weighted by Crippen LogP contribution is 2.55. The van der Waals surface area contributed by atoms with Crippen molar-refractivity contribution >= 4 is 11.6 Å². The van der Waals surface area contributed by atoms with E-state index in [1.807, 2.05) is 12.1 Å². The van der Waals surface area contributed by atoms with Gasteiger partial charge in [0, 0.05) is 16.8 Å². The smallest absolute Gasteiger partial charge is 0.286 e. The Morgan fingerprint density at radius 3 is 2.42 bits per heavy atom. The number of nitrogens with one attached hydrogen (secondary N) is 1. The molecule has 1 amide bonds. The Hall–Kier alpha value is -3.39. The number of para-hydroxylation sites is 1. The van der Waals surface area contributed by atoms with Crippen LogP contribution in [0.15, 0.2) is 48.5 Å². The summed E-state index contributed by atoms with van der Waals surface area (Å²) < 4.78 is 16.8. The van der Waals surface area contributed by atoms with Crippen molar-refractivity contribution in [1.29, 1.82) is 10.5 Å². The van der Waals surface area contributed by atoms with Crippen LogP contribution in [0.3, 0.4) is 0 Å². The van der Waals surface area contributed by atoms with Crippen molar-refractivity contribution in [2.24, 2.45) is 0 Å². The molecule has 2 aromatic rings. The number of hydrogen-bond donors (Lipinski definition) is 1. The highest BCUT2D eigenvalue weighted by atomic mass is 16.8. The van der Waals surface area contributed by atoms with Crippen molar-refractivity contribution in [3.05, 3.63) is 59.7 Å². The minimum atomic E-state index is -2.12. The van der Waals surface area contributed by atoms with Gasteiger partial charge in [0.1, 0.15) is 17.9 Å². The molecule has 2 aliphatic rings. The molecule has 0 aliphatic carbocycles. The summed E-state index contributed by atoms with van der Waals surface area (Å²) >= 11 is 0. The zero-order chi connectivity index (χ0) is 18.4. The Morgan fingerprint density at radius 2 is 1.77 bits per heavy atom. The molecule has 1 spiro atoms. The molecule has 2 atom stereocenters. The molecule has 2 aromatic carbocycles. The predicted molar refractivity (Wildman–Crippen MR) is 88.6 cm³/mol. The number of fused-ring (bicyclic) bond motifs is 2. The average molecular weight is 347 g/mol. The molecule has 0 aromatic heterocycles. The molecule has 26 heavy (non-hydrogen) atoms. The fraction of sp³-hybridized carbons (Fsp3) is 0.211. The van der Waals surface area contributed by atoms with Gasteiger partial charge in [-0.25, -0.2) is 0 Å². The molecule has 4 rings (SSSR count). The van der Waals surface area contributed by atoms with E-state index in [4.69, 9.17) is 14.2 Å². The van der Waals surface area contributed by atoms with E-state index >= 15 is 0 Å². The summed E-state index contributed by atoms with van der Waals surface area (Å²) in [6, 6.07) is 17.3. The van der Waals surface area contributed by atoms with Gasteiger partial charge in [0.15, 0.2) is 6.29 Å². The Labute approximate surface area is 149 Å². The van der Waals surface area contributed by atoms with Crippen molar-refractivity contribution in [3.63, 3.8) is 0 Å². The summed E-state index contributed by atoms with van der Waals surface area (Å²) in [5.41, 5.74) is -2.52. The Kier molecular flexibility index (Phi) is 3.45. The van der Waals surface area contributed by atoms with Gasteiger partial charge in [-0.2, -0.15) is 10.5 Å². The van der Waals surface area contributed by atoms with Crippen molar-refractivity contribution in [1.82, 2.24) is 0 Å². The summed E-state index contributed by atoms with van der Waals surface area (Å²) in [5.74, 6) is 0.0371. The second kappa shape index (κ2) is 5.57. The van der Waals surface area contributed by atoms with Gasteiger partial charge in [0.2, 0.25) is 5.60 Å². The van der Waals surface area contributed by atoms with E-state index in [2.05, 4.69) is 5.32 Å². The fourth-order valence-corrected chi connectivity index (χ4v) is 3.34. The summed E-state index contributed by atoms with van der Waals surface area (Å²) in [5, 5.41) is 22.2. The number of rotatable bonds is 2. The highest BCUT2D eigenvalue weighted by molar-refractivity contribution is 6.07. The molecular weight excluding hydrogens is 334 g/mol. The maximum Gasteiger partial charge on any atom is 0.286 e. The van der Waals surface area contributed by atoms with E-state index in [-0.39, 0.29) is 0 Å². The third kappa shape index (κ3) is 1.90. The molecule has 1 saturated heterocycles. The number of ether oxygens (including phenoxy) is 3. The monoisotopic (exact) mass is 347 g/mol. The molecule has 2 aliphatic heterocycles. The summed E-state index contributed by atoms with van der Waals surface area (Å²) in [6.45, 7) is 0. The van der Waals surface area contributed by atoms with Crippen LogP contribution in [-0.4, -0.2) is 18.6 Å². The van der Waals surface area contributed by atoms with Gasteiger partial charge in [-0.3, -0.25) is 4.79 Å². The molecule has 128 valence electrons. The Morgan fingerprint density at radius 1 is 1.08 bits per heavy atom. The minimum absolute atomic E-state index is 0.407. The molecule has 1 N–H and O–H groups in total. The third-order valence-corrected chi connectivity index (χ3v) is 4.64. The van der Waals surface area contributed by atoms with Crippen molar-refractivity contribution in [2.75, 3.05) is 12.4 Å². The Bertz CT molecular complexity index is 960. The first-order valence-electron chi connectivity index (χ1n) is 7.83. The average Bonchev–Trinajstić information content (AvgIpc) is 3.19. The van der Waals surface area contributed by atoms with Gasteiger partial charge >= 0.3 is 0 Å². The molecule has 0 unspecified atom stereocenters. The van der Waals surface area contributed by atoms with E-state index < -0.39 is 23.4 Å². The van der Waals surface area contributed by atoms with Gasteiger partial charge in [0.05, 0.1) is 7.11 Å². The second-order valence-corrected chi connectivity index (χ2v) is 5.93. The molecule has 7 nitrogen and oxygen atoms in total. The highest BCUT2D eigenvalue weighted by Gasteiger charge is 2.71. The lowest BCUT2D eigenvalue weighted by Gasteiger charge is -2.27. The Balaban J connectivity index is 1.85. The number of benzene rings is 2. The van der Waals surface area contributed by atoms with Crippen LogP contribution in [0.25, 0.3) is 0 Å². The van der Waals surface area contributed by atoms with Crippen molar-refractivity contribution in [3.8, 4) is 17.9 Å². The normalized spacial score (nSPS) is 25.2. The zero-order valence-corrected chi connectivity index (χ0v) is 13.7. The second-order valence-electron chi connectivity index (χ2n) is 5.93. The number of amides is 1. The number of carbonyl (C=O) groups is 1. The van der Waals surface area contributed by atoms with Crippen LogP contribution >= 0.6 is 0 Å². The van der Waals surface area contributed by atoms with E-state index in [1.165, 1.54) is 0 Å². The molecule has 7 heteroatoms. The van der Waals surface area contributed by atoms with Crippen LogP contribution in [-0.2, 0) is 19.9 Å². The lowest BCUT2D eigenvalue weighted by atomic mass is 9.80. The molecule has 2 heterocycles. The van der Waals surface area contributed by atoms with E-state index in [1.54, 1.807) is 55.6 Å². The van der Waals surface area contributed by atoms with Crippen LogP contribution in [0.1, 0.15) is 17.4 Å². The standard InChI is InChI=1S/C19H13N3O4/c1-24-13-8-6-12(7-9-13)16-25-18(10-20,11-21)19(26-16)14-4-2-3-5-15(14)22-17(19)23/h2-9,16H,1H3,(H,22,23)/t16-,19-/m0/s1. The minimum Gasteiger partial charge on any atom is -0.497 e. The molecule has 1 fully saturated rings. The van der Waals surface area contributed by atoms with Crippen molar-refractivity contribution < 1.29 is 19.0 Å². The maximum absolute atomic E-state index is 12.8.